The third-order valence-electron chi connectivity index (χ3n) is 19.4. The van der Waals surface area contributed by atoms with Crippen molar-refractivity contribution in [2.45, 2.75) is 0 Å². The summed E-state index contributed by atoms with van der Waals surface area (Å²) < 4.78 is 9.82. The van der Waals surface area contributed by atoms with Crippen LogP contribution in [0.25, 0.3) is 186 Å². The lowest BCUT2D eigenvalue weighted by Crippen LogP contribution is -2.00. The number of nitrogens with zero attached hydrogens (tertiary/aromatic N) is 10. The van der Waals surface area contributed by atoms with Crippen LogP contribution in [0.2, 0.25) is 0 Å². The Labute approximate surface area is 604 Å². The minimum Gasteiger partial charge on any atom is -0.309 e. The minimum absolute atomic E-state index is 0.522. The molecule has 20 rings (SSSR count). The summed E-state index contributed by atoms with van der Waals surface area (Å²) in [7, 11) is 0. The lowest BCUT2D eigenvalue weighted by molar-refractivity contribution is 1.07. The Hall–Kier alpha value is -13.9. The van der Waals surface area contributed by atoms with Crippen LogP contribution in [0.1, 0.15) is 11.1 Å². The smallest absolute Gasteiger partial charge is 0.164 e. The average molecular weight is 1360 g/mol. The highest BCUT2D eigenvalue weighted by atomic mass is 32.1. The van der Waals surface area contributed by atoms with Gasteiger partial charge in [-0.05, 0) is 131 Å². The second-order valence-corrected chi connectivity index (χ2v) is 27.7. The zero-order valence-corrected chi connectivity index (χ0v) is 57.1. The van der Waals surface area contributed by atoms with E-state index in [2.05, 4.69) is 221 Å². The van der Waals surface area contributed by atoms with E-state index in [-0.39, 0.29) is 0 Å². The first kappa shape index (κ1) is 61.2. The van der Waals surface area contributed by atoms with Gasteiger partial charge in [-0.2, -0.15) is 10.5 Å². The van der Waals surface area contributed by atoms with Crippen LogP contribution in [0, 0.1) is 22.7 Å². The summed E-state index contributed by atoms with van der Waals surface area (Å²) in [6, 6.07) is 117. The van der Waals surface area contributed by atoms with E-state index in [9.17, 15) is 10.5 Å². The lowest BCUT2D eigenvalue weighted by Gasteiger charge is -2.11. The third-order valence-corrected chi connectivity index (χ3v) is 21.8. The quantitative estimate of drug-likeness (QED) is 0.132. The Morgan fingerprint density at radius 2 is 0.577 bits per heavy atom. The van der Waals surface area contributed by atoms with Crippen molar-refractivity contribution < 1.29 is 0 Å². The van der Waals surface area contributed by atoms with E-state index in [1.807, 2.05) is 144 Å². The Morgan fingerprint density at radius 1 is 0.231 bits per heavy atom. The van der Waals surface area contributed by atoms with Gasteiger partial charge in [0.15, 0.2) is 34.9 Å². The number of hydrogen-bond acceptors (Lipinski definition) is 10. The van der Waals surface area contributed by atoms with Gasteiger partial charge in [0.1, 0.15) is 0 Å². The number of benzene rings is 14. The number of para-hydroxylation sites is 1. The molecular formula is C92H54N10S2. The molecule has 0 aliphatic carbocycles. The maximum atomic E-state index is 9.80. The number of hydrogen-bond donors (Lipinski definition) is 0. The van der Waals surface area contributed by atoms with Gasteiger partial charge in [-0.3, -0.25) is 0 Å². The molecule has 0 spiro atoms. The normalized spacial score (nSPS) is 11.4. The molecule has 0 amide bonds. The fraction of sp³-hybridized carbons (Fsp3) is 0. The first-order valence-electron chi connectivity index (χ1n) is 34.2. The molecule has 0 aliphatic heterocycles. The van der Waals surface area contributed by atoms with Crippen LogP contribution in [0.4, 0.5) is 0 Å². The third kappa shape index (κ3) is 10.9. The molecule has 0 saturated carbocycles. The van der Waals surface area contributed by atoms with Crippen LogP contribution in [0.15, 0.2) is 328 Å². The molecule has 484 valence electrons. The molecule has 0 atom stereocenters. The van der Waals surface area contributed by atoms with Gasteiger partial charge >= 0.3 is 0 Å². The molecule has 14 aromatic carbocycles. The molecule has 6 aromatic heterocycles. The molecule has 104 heavy (non-hydrogen) atoms. The van der Waals surface area contributed by atoms with E-state index in [0.29, 0.717) is 46.1 Å². The number of aromatic nitrogens is 8. The Bertz CT molecular complexity index is 6810. The van der Waals surface area contributed by atoms with Crippen LogP contribution < -0.4 is 0 Å². The van der Waals surface area contributed by atoms with Crippen molar-refractivity contribution in [1.82, 2.24) is 39.0 Å². The van der Waals surface area contributed by atoms with Gasteiger partial charge < -0.3 is 9.13 Å². The molecule has 12 heteroatoms. The molecule has 10 nitrogen and oxygen atoms in total. The van der Waals surface area contributed by atoms with E-state index in [4.69, 9.17) is 29.9 Å². The Morgan fingerprint density at radius 3 is 1.05 bits per heavy atom. The lowest BCUT2D eigenvalue weighted by atomic mass is 10.0. The van der Waals surface area contributed by atoms with Crippen molar-refractivity contribution in [3.63, 3.8) is 0 Å². The SMILES string of the molecule is N#Cc1ccc2c(c1)c1ccc(-c3cccc4c3sc3ccccc34)cc1n2-c1ccc(-c2nc(-c3ccccc3)nc(-c3ccccc3)n2)cc1.N#Cc1cccc(-c2nc(-c3ccccc3)nc(-c3ccc(-n4c5ccccc5c5ccc(-c6cccc7c6sc6ccccc67)cc54)cc3)n2)c1. The summed E-state index contributed by atoms with van der Waals surface area (Å²) in [6.45, 7) is 0. The van der Waals surface area contributed by atoms with Crippen molar-refractivity contribution >= 4 is 107 Å². The molecular weight excluding hydrogens is 1310 g/mol. The predicted octanol–water partition coefficient (Wildman–Crippen LogP) is 23.8. The van der Waals surface area contributed by atoms with Gasteiger partial charge in [0.2, 0.25) is 0 Å². The maximum absolute atomic E-state index is 9.80. The van der Waals surface area contributed by atoms with Crippen molar-refractivity contribution in [2.75, 3.05) is 0 Å². The molecule has 0 N–H and O–H groups in total. The van der Waals surface area contributed by atoms with Gasteiger partial charge in [0.05, 0.1) is 45.3 Å². The van der Waals surface area contributed by atoms with Crippen LogP contribution in [0.3, 0.4) is 0 Å². The van der Waals surface area contributed by atoms with E-state index < -0.39 is 0 Å². The first-order valence-corrected chi connectivity index (χ1v) is 35.8. The summed E-state index contributed by atoms with van der Waals surface area (Å²) in [5.74, 6) is 3.54. The molecule has 0 aliphatic rings. The number of thiophene rings is 2. The summed E-state index contributed by atoms with van der Waals surface area (Å²) in [6.07, 6.45) is 0. The van der Waals surface area contributed by atoms with Crippen LogP contribution in [0.5, 0.6) is 0 Å². The van der Waals surface area contributed by atoms with Crippen LogP contribution in [-0.2, 0) is 0 Å². The van der Waals surface area contributed by atoms with E-state index in [1.165, 1.54) is 67.8 Å². The van der Waals surface area contributed by atoms with E-state index in [1.54, 1.807) is 6.07 Å². The largest absolute Gasteiger partial charge is 0.309 e. The highest BCUT2D eigenvalue weighted by Gasteiger charge is 2.21. The minimum atomic E-state index is 0.522. The van der Waals surface area contributed by atoms with E-state index in [0.717, 1.165) is 83.2 Å². The molecule has 0 unspecified atom stereocenters. The first-order chi connectivity index (χ1) is 51.4. The number of nitriles is 2. The summed E-state index contributed by atoms with van der Waals surface area (Å²) in [5, 5.41) is 29.1. The molecule has 0 saturated heterocycles. The number of fused-ring (bicyclic) bond motifs is 12. The maximum Gasteiger partial charge on any atom is 0.164 e. The van der Waals surface area contributed by atoms with Crippen molar-refractivity contribution in [3.8, 4) is 114 Å². The summed E-state index contributed by atoms with van der Waals surface area (Å²) >= 11 is 3.70. The average Bonchev–Trinajstić information content (AvgIpc) is 1.58. The van der Waals surface area contributed by atoms with E-state index >= 15 is 0 Å². The zero-order chi connectivity index (χ0) is 69.2. The molecule has 20 aromatic rings. The van der Waals surface area contributed by atoms with Crippen LogP contribution in [-0.4, -0.2) is 39.0 Å². The molecule has 6 heterocycles. The van der Waals surface area contributed by atoms with Crippen molar-refractivity contribution in [2.24, 2.45) is 0 Å². The van der Waals surface area contributed by atoms with Crippen molar-refractivity contribution in [1.29, 1.82) is 10.5 Å². The van der Waals surface area contributed by atoms with Gasteiger partial charge in [-0.1, -0.05) is 218 Å². The van der Waals surface area contributed by atoms with Crippen molar-refractivity contribution in [3.05, 3.63) is 339 Å². The monoisotopic (exact) mass is 1360 g/mol. The second-order valence-electron chi connectivity index (χ2n) is 25.6. The number of rotatable bonds is 10. The highest BCUT2D eigenvalue weighted by molar-refractivity contribution is 7.26. The predicted molar refractivity (Wildman–Crippen MR) is 427 cm³/mol. The fourth-order valence-electron chi connectivity index (χ4n) is 14.4. The van der Waals surface area contributed by atoms with Gasteiger partial charge in [0.25, 0.3) is 0 Å². The molecule has 0 bridgehead atoms. The standard InChI is InChI=1S/2C46H27N5S/c47-28-29-18-25-40-39(26-29)36-24-21-33(35-15-9-16-38-37-14-7-8-17-42(37)52-43(35)38)27-41(36)51(40)34-22-19-32(20-23-34)46-49-44(30-10-3-1-4-11-30)48-45(50-46)31-12-5-2-6-13-31;47-28-29-10-8-13-33(26-29)46-49-44(30-11-2-1-3-12-30)48-45(50-46)31-20-23-34(24-21-31)51-40-18-6-4-14-36(40)37-25-22-32(27-41(37)51)35-16-9-17-39-38-15-5-7-19-42(38)52-43(35)39/h2*1-27H. The molecule has 0 radical (unpaired) electrons. The molecule has 0 fully saturated rings. The topological polar surface area (TPSA) is 135 Å². The summed E-state index contributed by atoms with van der Waals surface area (Å²) in [5.41, 5.74) is 17.8. The Kier molecular flexibility index (Phi) is 15.1. The van der Waals surface area contributed by atoms with Crippen LogP contribution >= 0.6 is 22.7 Å². The van der Waals surface area contributed by atoms with Gasteiger partial charge in [0, 0.05) is 107 Å². The highest BCUT2D eigenvalue weighted by Crippen LogP contribution is 2.45. The second kappa shape index (κ2) is 25.7. The fourth-order valence-corrected chi connectivity index (χ4v) is 16.9. The van der Waals surface area contributed by atoms with Gasteiger partial charge in [-0.25, -0.2) is 29.9 Å². The Balaban J connectivity index is 0.000000143. The summed E-state index contributed by atoms with van der Waals surface area (Å²) in [4.78, 5) is 29.4. The zero-order valence-electron chi connectivity index (χ0n) is 55.5. The van der Waals surface area contributed by atoms with Gasteiger partial charge in [-0.15, -0.1) is 22.7 Å².